The first-order chi connectivity index (χ1) is 3.68. The van der Waals surface area contributed by atoms with Crippen molar-refractivity contribution < 1.29 is 0 Å². The third kappa shape index (κ3) is 2.89. The number of rotatable bonds is 2. The smallest absolute Gasteiger partial charge is 0.110 e. The first-order valence-electron chi connectivity index (χ1n) is 3.31. The third-order valence-electron chi connectivity index (χ3n) is 1.48. The van der Waals surface area contributed by atoms with E-state index in [2.05, 4.69) is 27.7 Å². The van der Waals surface area contributed by atoms with Gasteiger partial charge < -0.3 is 0 Å². The van der Waals surface area contributed by atoms with Gasteiger partial charge >= 0.3 is 0 Å². The fourth-order valence-electron chi connectivity index (χ4n) is 0.625. The standard InChI is InChI=1S/C7H15B/c1-5-8-7(4)6(2)3/h8H,5H2,1-4H3. The highest BCUT2D eigenvalue weighted by Gasteiger charge is 1.89. The summed E-state index contributed by atoms with van der Waals surface area (Å²) < 4.78 is 0. The lowest BCUT2D eigenvalue weighted by molar-refractivity contribution is 1.32. The van der Waals surface area contributed by atoms with Crippen LogP contribution < -0.4 is 0 Å². The Bertz CT molecular complexity index is 88.6. The van der Waals surface area contributed by atoms with Crippen LogP contribution >= 0.6 is 0 Å². The topological polar surface area (TPSA) is 0 Å². The highest BCUT2D eigenvalue weighted by Crippen LogP contribution is 2.00. The maximum atomic E-state index is 2.21. The lowest BCUT2D eigenvalue weighted by Crippen LogP contribution is -1.90. The minimum Gasteiger partial charge on any atom is -0.110 e. The molecule has 0 amide bonds. The Morgan fingerprint density at radius 3 is 1.88 bits per heavy atom. The van der Waals surface area contributed by atoms with Crippen molar-refractivity contribution in [3.05, 3.63) is 11.0 Å². The van der Waals surface area contributed by atoms with E-state index in [1.165, 1.54) is 19.2 Å². The zero-order chi connectivity index (χ0) is 6.57. The van der Waals surface area contributed by atoms with Crippen molar-refractivity contribution in [3.8, 4) is 0 Å². The predicted molar refractivity (Wildman–Crippen MR) is 41.7 cm³/mol. The van der Waals surface area contributed by atoms with Gasteiger partial charge in [-0.3, -0.25) is 0 Å². The van der Waals surface area contributed by atoms with Gasteiger partial charge in [-0.25, -0.2) is 0 Å². The summed E-state index contributed by atoms with van der Waals surface area (Å²) in [5.41, 5.74) is 3.03. The van der Waals surface area contributed by atoms with Crippen LogP contribution in [0.3, 0.4) is 0 Å². The molecule has 0 aromatic carbocycles. The number of hydrogen-bond donors (Lipinski definition) is 0. The van der Waals surface area contributed by atoms with Gasteiger partial charge in [0.1, 0.15) is 0 Å². The van der Waals surface area contributed by atoms with Crippen LogP contribution in [0.15, 0.2) is 11.0 Å². The highest BCUT2D eigenvalue weighted by atomic mass is 13.8. The molecule has 0 bridgehead atoms. The van der Waals surface area contributed by atoms with E-state index in [9.17, 15) is 0 Å². The van der Waals surface area contributed by atoms with Crippen molar-refractivity contribution in [2.45, 2.75) is 34.0 Å². The Kier molecular flexibility index (Phi) is 3.67. The molecule has 8 heavy (non-hydrogen) atoms. The van der Waals surface area contributed by atoms with Gasteiger partial charge in [-0.15, -0.1) is 5.47 Å². The Balaban J connectivity index is 3.62. The maximum Gasteiger partial charge on any atom is 0.151 e. The first kappa shape index (κ1) is 7.80. The van der Waals surface area contributed by atoms with Crippen LogP contribution in [0.5, 0.6) is 0 Å². The predicted octanol–water partition coefficient (Wildman–Crippen LogP) is 2.17. The second-order valence-electron chi connectivity index (χ2n) is 2.53. The van der Waals surface area contributed by atoms with Crippen LogP contribution in [0.1, 0.15) is 27.7 Å². The van der Waals surface area contributed by atoms with Crippen LogP contribution in [-0.4, -0.2) is 7.28 Å². The van der Waals surface area contributed by atoms with Crippen LogP contribution in [-0.2, 0) is 0 Å². The van der Waals surface area contributed by atoms with Crippen molar-refractivity contribution in [2.24, 2.45) is 0 Å². The molecule has 1 heteroatoms. The van der Waals surface area contributed by atoms with Crippen molar-refractivity contribution in [1.82, 2.24) is 0 Å². The van der Waals surface area contributed by atoms with Crippen LogP contribution in [0.4, 0.5) is 0 Å². The van der Waals surface area contributed by atoms with E-state index in [4.69, 9.17) is 0 Å². The summed E-state index contributed by atoms with van der Waals surface area (Å²) in [5, 5.41) is 0. The molecule has 0 radical (unpaired) electrons. The fourth-order valence-corrected chi connectivity index (χ4v) is 0.625. The molecule has 0 heterocycles. The molecule has 0 aromatic rings. The van der Waals surface area contributed by atoms with Crippen molar-refractivity contribution >= 4 is 7.28 Å². The monoisotopic (exact) mass is 110 g/mol. The molecule has 0 spiro atoms. The summed E-state index contributed by atoms with van der Waals surface area (Å²) in [4.78, 5) is 0. The molecule has 0 unspecified atom stereocenters. The molecular weight excluding hydrogens is 94.9 g/mol. The van der Waals surface area contributed by atoms with Crippen molar-refractivity contribution in [1.29, 1.82) is 0 Å². The molecule has 0 aliphatic rings. The van der Waals surface area contributed by atoms with E-state index in [0.717, 1.165) is 0 Å². The van der Waals surface area contributed by atoms with Gasteiger partial charge in [0.15, 0.2) is 7.28 Å². The van der Waals surface area contributed by atoms with Crippen LogP contribution in [0.25, 0.3) is 0 Å². The van der Waals surface area contributed by atoms with Gasteiger partial charge in [-0.2, -0.15) is 0 Å². The van der Waals surface area contributed by atoms with E-state index in [1.807, 2.05) is 0 Å². The summed E-state index contributed by atoms with van der Waals surface area (Å²) in [7, 11) is 1.27. The maximum absolute atomic E-state index is 2.21. The Morgan fingerprint density at radius 1 is 1.25 bits per heavy atom. The van der Waals surface area contributed by atoms with Gasteiger partial charge in [-0.1, -0.05) is 25.7 Å². The van der Waals surface area contributed by atoms with Gasteiger partial charge in [0, 0.05) is 0 Å². The molecule has 46 valence electrons. The minimum absolute atomic E-state index is 1.27. The van der Waals surface area contributed by atoms with E-state index in [0.29, 0.717) is 0 Å². The zero-order valence-corrected chi connectivity index (χ0v) is 6.41. The fraction of sp³-hybridized carbons (Fsp3) is 0.714. The second-order valence-corrected chi connectivity index (χ2v) is 2.53. The Labute approximate surface area is 53.2 Å². The molecule has 0 aromatic heterocycles. The number of allylic oxidation sites excluding steroid dienone is 2. The molecular formula is C7H15B. The average molecular weight is 110 g/mol. The van der Waals surface area contributed by atoms with Gasteiger partial charge in [0.25, 0.3) is 0 Å². The number of hydrogen-bond acceptors (Lipinski definition) is 0. The summed E-state index contributed by atoms with van der Waals surface area (Å²) in [5.74, 6) is 0. The summed E-state index contributed by atoms with van der Waals surface area (Å²) in [6.07, 6.45) is 1.27. The first-order valence-corrected chi connectivity index (χ1v) is 3.31. The molecule has 0 atom stereocenters. The zero-order valence-electron chi connectivity index (χ0n) is 6.41. The van der Waals surface area contributed by atoms with E-state index >= 15 is 0 Å². The van der Waals surface area contributed by atoms with E-state index < -0.39 is 0 Å². The van der Waals surface area contributed by atoms with Crippen LogP contribution in [0.2, 0.25) is 6.32 Å². The van der Waals surface area contributed by atoms with Crippen molar-refractivity contribution in [2.75, 3.05) is 0 Å². The van der Waals surface area contributed by atoms with E-state index in [-0.39, 0.29) is 0 Å². The molecule has 0 fully saturated rings. The molecule has 0 saturated carbocycles. The van der Waals surface area contributed by atoms with Crippen molar-refractivity contribution in [3.63, 3.8) is 0 Å². The lowest BCUT2D eigenvalue weighted by Gasteiger charge is -1.96. The lowest BCUT2D eigenvalue weighted by atomic mass is 9.66. The SMILES string of the molecule is CCBC(C)=C(C)C. The quantitative estimate of drug-likeness (QED) is 0.478. The average Bonchev–Trinajstić information content (AvgIpc) is 1.67. The van der Waals surface area contributed by atoms with Gasteiger partial charge in [-0.05, 0) is 13.8 Å². The largest absolute Gasteiger partial charge is 0.151 e. The second kappa shape index (κ2) is 3.76. The highest BCUT2D eigenvalue weighted by molar-refractivity contribution is 6.45. The molecule has 0 aliphatic carbocycles. The Hall–Kier alpha value is -0.195. The molecule has 0 saturated heterocycles. The van der Waals surface area contributed by atoms with Crippen LogP contribution in [0, 0.1) is 0 Å². The molecule has 0 N–H and O–H groups in total. The summed E-state index contributed by atoms with van der Waals surface area (Å²) in [6.45, 7) is 8.77. The molecule has 0 rings (SSSR count). The van der Waals surface area contributed by atoms with Gasteiger partial charge in [0.05, 0.1) is 0 Å². The Morgan fingerprint density at radius 2 is 1.75 bits per heavy atom. The normalized spacial score (nSPS) is 8.50. The van der Waals surface area contributed by atoms with E-state index in [1.54, 1.807) is 5.47 Å². The summed E-state index contributed by atoms with van der Waals surface area (Å²) in [6, 6.07) is 0. The summed E-state index contributed by atoms with van der Waals surface area (Å²) >= 11 is 0. The molecule has 0 aliphatic heterocycles. The van der Waals surface area contributed by atoms with Gasteiger partial charge in [0.2, 0.25) is 0 Å². The minimum atomic E-state index is 1.27. The molecule has 0 nitrogen and oxygen atoms in total. The third-order valence-corrected chi connectivity index (χ3v) is 1.48.